The zero-order chi connectivity index (χ0) is 21.2. The SMILES string of the molecule is O=C1C[C@H](c2ccccc2O)Cc2nc(N3CCC(Cc4ccccc4)CC3)ncc21. The van der Waals surface area contributed by atoms with Crippen LogP contribution in [0.2, 0.25) is 0 Å². The van der Waals surface area contributed by atoms with Gasteiger partial charge in [0.1, 0.15) is 5.75 Å². The van der Waals surface area contributed by atoms with Crippen LogP contribution in [-0.2, 0) is 12.8 Å². The molecule has 1 aliphatic carbocycles. The van der Waals surface area contributed by atoms with Gasteiger partial charge in [-0.15, -0.1) is 0 Å². The number of rotatable bonds is 4. The highest BCUT2D eigenvalue weighted by Gasteiger charge is 2.30. The molecule has 2 aromatic carbocycles. The monoisotopic (exact) mass is 413 g/mol. The number of ketones is 1. The maximum atomic E-state index is 12.7. The summed E-state index contributed by atoms with van der Waals surface area (Å²) in [7, 11) is 0. The molecular weight excluding hydrogens is 386 g/mol. The van der Waals surface area contributed by atoms with Gasteiger partial charge in [-0.2, -0.15) is 0 Å². The molecule has 0 spiro atoms. The Morgan fingerprint density at radius 1 is 0.968 bits per heavy atom. The molecule has 158 valence electrons. The lowest BCUT2D eigenvalue weighted by atomic mass is 9.82. The number of para-hydroxylation sites is 1. The Morgan fingerprint density at radius 3 is 2.48 bits per heavy atom. The van der Waals surface area contributed by atoms with E-state index in [0.29, 0.717) is 24.3 Å². The van der Waals surface area contributed by atoms with Crippen molar-refractivity contribution >= 4 is 11.7 Å². The predicted molar refractivity (Wildman–Crippen MR) is 121 cm³/mol. The van der Waals surface area contributed by atoms with Gasteiger partial charge in [0.25, 0.3) is 0 Å². The Hall–Kier alpha value is -3.21. The van der Waals surface area contributed by atoms with E-state index in [1.54, 1.807) is 18.3 Å². The van der Waals surface area contributed by atoms with Crippen molar-refractivity contribution in [3.63, 3.8) is 0 Å². The van der Waals surface area contributed by atoms with Gasteiger partial charge in [0.05, 0.1) is 11.3 Å². The molecule has 0 saturated carbocycles. The average molecular weight is 414 g/mol. The van der Waals surface area contributed by atoms with Gasteiger partial charge in [0.15, 0.2) is 5.78 Å². The summed E-state index contributed by atoms with van der Waals surface area (Å²) in [5.41, 5.74) is 3.67. The fraction of sp³-hybridized carbons (Fsp3) is 0.346. The smallest absolute Gasteiger partial charge is 0.225 e. The summed E-state index contributed by atoms with van der Waals surface area (Å²) < 4.78 is 0. The minimum atomic E-state index is -0.0411. The van der Waals surface area contributed by atoms with Crippen LogP contribution in [0.5, 0.6) is 5.75 Å². The molecule has 0 bridgehead atoms. The van der Waals surface area contributed by atoms with Crippen LogP contribution in [0.1, 0.15) is 52.4 Å². The van der Waals surface area contributed by atoms with E-state index in [2.05, 4.69) is 40.2 Å². The minimum absolute atomic E-state index is 0.0411. The van der Waals surface area contributed by atoms with E-state index in [0.717, 1.165) is 49.6 Å². The van der Waals surface area contributed by atoms with E-state index in [-0.39, 0.29) is 17.5 Å². The highest BCUT2D eigenvalue weighted by Crippen LogP contribution is 2.36. The van der Waals surface area contributed by atoms with E-state index >= 15 is 0 Å². The second-order valence-electron chi connectivity index (χ2n) is 8.74. The molecule has 5 heteroatoms. The first kappa shape index (κ1) is 19.7. The Bertz CT molecular complexity index is 1080. The van der Waals surface area contributed by atoms with Gasteiger partial charge < -0.3 is 10.0 Å². The Kier molecular flexibility index (Phi) is 5.41. The molecule has 1 aromatic heterocycles. The van der Waals surface area contributed by atoms with Crippen molar-refractivity contribution in [2.75, 3.05) is 18.0 Å². The summed E-state index contributed by atoms with van der Waals surface area (Å²) in [6.07, 6.45) is 6.11. The molecule has 0 unspecified atom stereocenters. The largest absolute Gasteiger partial charge is 0.508 e. The Balaban J connectivity index is 1.29. The Labute approximate surface area is 182 Å². The fourth-order valence-electron chi connectivity index (χ4n) is 4.92. The summed E-state index contributed by atoms with van der Waals surface area (Å²) >= 11 is 0. The van der Waals surface area contributed by atoms with E-state index in [9.17, 15) is 9.90 Å². The molecule has 1 aliphatic heterocycles. The van der Waals surface area contributed by atoms with E-state index in [1.807, 2.05) is 12.1 Å². The number of nitrogens with zero attached hydrogens (tertiary/aromatic N) is 3. The van der Waals surface area contributed by atoms with Gasteiger partial charge in [0.2, 0.25) is 5.95 Å². The van der Waals surface area contributed by atoms with E-state index in [1.165, 1.54) is 5.56 Å². The summed E-state index contributed by atoms with van der Waals surface area (Å²) in [5.74, 6) is 1.67. The van der Waals surface area contributed by atoms with Gasteiger partial charge in [-0.3, -0.25) is 4.79 Å². The van der Waals surface area contributed by atoms with Crippen molar-refractivity contribution in [3.8, 4) is 5.75 Å². The first-order chi connectivity index (χ1) is 15.2. The molecule has 1 atom stereocenters. The highest BCUT2D eigenvalue weighted by atomic mass is 16.3. The molecule has 0 amide bonds. The number of phenolic OH excluding ortho intramolecular Hbond substituents is 1. The number of carbonyl (C=O) groups excluding carboxylic acids is 1. The number of fused-ring (bicyclic) bond motifs is 1. The van der Waals surface area contributed by atoms with Crippen molar-refractivity contribution in [1.29, 1.82) is 0 Å². The number of anilines is 1. The molecule has 2 heterocycles. The standard InChI is InChI=1S/C26H27N3O2/c30-24-9-5-4-8-21(24)20-15-23-22(25(31)16-20)17-27-26(28-23)29-12-10-19(11-13-29)14-18-6-2-1-3-7-18/h1-9,17,19-20,30H,10-16H2/t20-/m1/s1. The lowest BCUT2D eigenvalue weighted by Gasteiger charge is -2.33. The van der Waals surface area contributed by atoms with Crippen molar-refractivity contribution in [3.05, 3.63) is 83.2 Å². The number of benzene rings is 2. The van der Waals surface area contributed by atoms with Crippen LogP contribution in [-0.4, -0.2) is 33.9 Å². The van der Waals surface area contributed by atoms with Crippen LogP contribution in [0.3, 0.4) is 0 Å². The van der Waals surface area contributed by atoms with Crippen LogP contribution in [0.15, 0.2) is 60.8 Å². The summed E-state index contributed by atoms with van der Waals surface area (Å²) in [4.78, 5) is 24.3. The van der Waals surface area contributed by atoms with Gasteiger partial charge in [-0.1, -0.05) is 48.5 Å². The molecule has 1 saturated heterocycles. The van der Waals surface area contributed by atoms with E-state index in [4.69, 9.17) is 4.98 Å². The third-order valence-corrected chi connectivity index (χ3v) is 6.67. The third kappa shape index (κ3) is 4.18. The first-order valence-electron chi connectivity index (χ1n) is 11.1. The number of hydrogen-bond acceptors (Lipinski definition) is 5. The average Bonchev–Trinajstić information content (AvgIpc) is 2.80. The number of phenols is 1. The molecule has 2 aliphatic rings. The number of carbonyl (C=O) groups is 1. The van der Waals surface area contributed by atoms with Crippen molar-refractivity contribution in [1.82, 2.24) is 9.97 Å². The van der Waals surface area contributed by atoms with Gasteiger partial charge in [-0.25, -0.2) is 9.97 Å². The van der Waals surface area contributed by atoms with Crippen LogP contribution in [0, 0.1) is 5.92 Å². The van der Waals surface area contributed by atoms with Crippen LogP contribution in [0.4, 0.5) is 5.95 Å². The maximum absolute atomic E-state index is 12.7. The fourth-order valence-corrected chi connectivity index (χ4v) is 4.92. The molecule has 3 aromatic rings. The highest BCUT2D eigenvalue weighted by molar-refractivity contribution is 5.98. The topological polar surface area (TPSA) is 66.3 Å². The number of hydrogen-bond donors (Lipinski definition) is 1. The van der Waals surface area contributed by atoms with Crippen molar-refractivity contribution < 1.29 is 9.90 Å². The number of Topliss-reactive ketones (excluding diaryl/α,β-unsaturated/α-hetero) is 1. The lowest BCUT2D eigenvalue weighted by Crippen LogP contribution is -2.36. The number of aromatic hydroxyl groups is 1. The first-order valence-corrected chi connectivity index (χ1v) is 11.1. The summed E-state index contributed by atoms with van der Waals surface area (Å²) in [6.45, 7) is 1.88. The third-order valence-electron chi connectivity index (χ3n) is 6.67. The van der Waals surface area contributed by atoms with Crippen LogP contribution < -0.4 is 4.90 Å². The molecule has 0 radical (unpaired) electrons. The number of piperidine rings is 1. The summed E-state index contributed by atoms with van der Waals surface area (Å²) in [6, 6.07) is 18.0. The molecule has 1 fully saturated rings. The minimum Gasteiger partial charge on any atom is -0.508 e. The second kappa shape index (κ2) is 8.50. The predicted octanol–water partition coefficient (Wildman–Crippen LogP) is 4.55. The normalized spacial score (nSPS) is 19.3. The quantitative estimate of drug-likeness (QED) is 0.679. The molecule has 31 heavy (non-hydrogen) atoms. The molecule has 5 nitrogen and oxygen atoms in total. The molecular formula is C26H27N3O2. The Morgan fingerprint density at radius 2 is 1.71 bits per heavy atom. The van der Waals surface area contributed by atoms with Crippen LogP contribution >= 0.6 is 0 Å². The van der Waals surface area contributed by atoms with Crippen molar-refractivity contribution in [2.24, 2.45) is 5.92 Å². The second-order valence-corrected chi connectivity index (χ2v) is 8.74. The zero-order valence-corrected chi connectivity index (χ0v) is 17.6. The zero-order valence-electron chi connectivity index (χ0n) is 17.6. The molecule has 5 rings (SSSR count). The van der Waals surface area contributed by atoms with Crippen LogP contribution in [0.25, 0.3) is 0 Å². The number of aromatic nitrogens is 2. The summed E-state index contributed by atoms with van der Waals surface area (Å²) in [5, 5.41) is 10.2. The van der Waals surface area contributed by atoms with E-state index < -0.39 is 0 Å². The molecule has 1 N–H and O–H groups in total. The maximum Gasteiger partial charge on any atom is 0.225 e. The van der Waals surface area contributed by atoms with Gasteiger partial charge >= 0.3 is 0 Å². The van der Waals surface area contributed by atoms with Gasteiger partial charge in [-0.05, 0) is 48.8 Å². The van der Waals surface area contributed by atoms with Crippen molar-refractivity contribution in [2.45, 2.75) is 38.0 Å². The van der Waals surface area contributed by atoms with Gasteiger partial charge in [0, 0.05) is 31.6 Å². The lowest BCUT2D eigenvalue weighted by molar-refractivity contribution is 0.0962.